The minimum absolute atomic E-state index is 0.0111. The fourth-order valence-corrected chi connectivity index (χ4v) is 8.91. The molecule has 2 nitrogen and oxygen atoms in total. The maximum absolute atomic E-state index is 14.2. The molecule has 2 heterocycles. The number of halogens is 2. The van der Waals surface area contributed by atoms with Crippen molar-refractivity contribution in [3.8, 4) is 44.5 Å². The molecule has 0 aliphatic heterocycles. The number of nitrogens with zero attached hydrogens (tertiary/aromatic N) is 2. The highest BCUT2D eigenvalue weighted by Gasteiger charge is 2.25. The number of fused-ring (bicyclic) bond motifs is 6. The molecular weight excluding hydrogens is 739 g/mol. The minimum Gasteiger partial charge on any atom is -0.311 e. The van der Waals surface area contributed by atoms with Gasteiger partial charge in [0.05, 0.1) is 16.6 Å². The van der Waals surface area contributed by atoms with Crippen LogP contribution in [0.4, 0.5) is 25.8 Å². The Balaban J connectivity index is 0.873. The van der Waals surface area contributed by atoms with E-state index in [4.69, 9.17) is 0 Å². The first kappa shape index (κ1) is 35.6. The Morgan fingerprint density at radius 2 is 0.683 bits per heavy atom. The quantitative estimate of drug-likeness (QED) is 0.149. The number of rotatable bonds is 8. The van der Waals surface area contributed by atoms with Crippen LogP contribution in [0.2, 0.25) is 0 Å². The van der Waals surface area contributed by atoms with Gasteiger partial charge in [-0.1, -0.05) is 152 Å². The maximum Gasteiger partial charge on any atom is 0.270 e. The second-order valence-electron chi connectivity index (χ2n) is 15.7. The van der Waals surface area contributed by atoms with Gasteiger partial charge in [0.1, 0.15) is 0 Å². The van der Waals surface area contributed by atoms with Crippen molar-refractivity contribution in [1.29, 1.82) is 0 Å². The summed E-state index contributed by atoms with van der Waals surface area (Å²) < 4.78 is 30.8. The molecule has 0 atom stereocenters. The molecule has 0 aliphatic rings. The van der Waals surface area contributed by atoms with Crippen LogP contribution in [0.15, 0.2) is 212 Å². The van der Waals surface area contributed by atoms with Gasteiger partial charge in [-0.15, -0.1) is 0 Å². The van der Waals surface area contributed by atoms with Gasteiger partial charge in [0.15, 0.2) is 0 Å². The molecule has 9 aromatic carbocycles. The average molecular weight is 777 g/mol. The van der Waals surface area contributed by atoms with Gasteiger partial charge in [-0.05, 0) is 105 Å². The van der Waals surface area contributed by atoms with Gasteiger partial charge in [-0.25, -0.2) is 8.78 Å². The molecule has 0 saturated heterocycles. The van der Waals surface area contributed by atoms with Gasteiger partial charge < -0.3 is 9.30 Å². The monoisotopic (exact) mass is 776 g/mol. The number of hydrogen-bond donors (Lipinski definition) is 0. The van der Waals surface area contributed by atoms with Crippen molar-refractivity contribution in [3.63, 3.8) is 0 Å². The smallest absolute Gasteiger partial charge is 0.270 e. The van der Waals surface area contributed by atoms with Gasteiger partial charge in [-0.3, -0.25) is 0 Å². The Labute approximate surface area is 347 Å². The lowest BCUT2D eigenvalue weighted by Crippen LogP contribution is -2.11. The number of aromatic nitrogens is 1. The van der Waals surface area contributed by atoms with Crippen LogP contribution in [0.1, 0.15) is 12.5 Å². The van der Waals surface area contributed by atoms with Crippen LogP contribution in [0, 0.1) is 0 Å². The molecule has 0 unspecified atom stereocenters. The summed E-state index contributed by atoms with van der Waals surface area (Å²) in [6.07, 6.45) is 0. The summed E-state index contributed by atoms with van der Waals surface area (Å²) in [4.78, 5) is 2.10. The van der Waals surface area contributed by atoms with Crippen LogP contribution in [-0.2, 0) is 5.92 Å². The molecule has 0 amide bonds. The predicted octanol–water partition coefficient (Wildman–Crippen LogP) is 16.1. The van der Waals surface area contributed by atoms with Crippen LogP contribution in [-0.4, -0.2) is 4.40 Å². The SMILES string of the molecule is CC(F)(F)c1ccc(N(c2ccc(-c3ccccc3)cc2)c2ccc(-c3ccc(-c4ccc(-c5cc6c7ccccc7n7c8ccccc8c(c5)c67)cc4)cc3)cc2)cc1. The summed E-state index contributed by atoms with van der Waals surface area (Å²) in [5.74, 6) is -2.91. The summed E-state index contributed by atoms with van der Waals surface area (Å²) in [6, 6.07) is 73.3. The second-order valence-corrected chi connectivity index (χ2v) is 15.7. The largest absolute Gasteiger partial charge is 0.311 e. The lowest BCUT2D eigenvalue weighted by atomic mass is 9.96. The van der Waals surface area contributed by atoms with Gasteiger partial charge in [0.25, 0.3) is 5.92 Å². The van der Waals surface area contributed by atoms with Crippen LogP contribution >= 0.6 is 0 Å². The Morgan fingerprint density at radius 1 is 0.350 bits per heavy atom. The predicted molar refractivity (Wildman–Crippen MR) is 247 cm³/mol. The van der Waals surface area contributed by atoms with Crippen LogP contribution in [0.5, 0.6) is 0 Å². The molecule has 0 spiro atoms. The first-order valence-corrected chi connectivity index (χ1v) is 20.3. The van der Waals surface area contributed by atoms with Crippen molar-refractivity contribution in [2.45, 2.75) is 12.8 Å². The number of anilines is 3. The van der Waals surface area contributed by atoms with Crippen molar-refractivity contribution >= 4 is 55.2 Å². The molecule has 11 rings (SSSR count). The summed E-state index contributed by atoms with van der Waals surface area (Å²) in [5.41, 5.74) is 15.6. The minimum atomic E-state index is -2.91. The molecule has 2 aromatic heterocycles. The lowest BCUT2D eigenvalue weighted by molar-refractivity contribution is 0.0175. The summed E-state index contributed by atoms with van der Waals surface area (Å²) in [6.45, 7) is 0.930. The number of benzene rings is 9. The normalized spacial score (nSPS) is 11.9. The van der Waals surface area contributed by atoms with E-state index in [0.717, 1.165) is 57.4 Å². The van der Waals surface area contributed by atoms with E-state index in [1.807, 2.05) is 18.2 Å². The first-order valence-electron chi connectivity index (χ1n) is 20.3. The van der Waals surface area contributed by atoms with E-state index in [-0.39, 0.29) is 5.56 Å². The molecule has 0 aliphatic carbocycles. The number of hydrogen-bond acceptors (Lipinski definition) is 1. The van der Waals surface area contributed by atoms with E-state index >= 15 is 0 Å². The fourth-order valence-electron chi connectivity index (χ4n) is 8.91. The number of para-hydroxylation sites is 2. The standard InChI is InChI=1S/C56H38F2N2/c1-56(57,58)45-27-33-48(34-28-45)59(46-29-23-41(24-30-46)37-9-3-2-4-10-37)47-31-25-42(26-32-47)40-17-15-38(16-18-40)39-19-21-43(22-20-39)44-35-51-49-11-5-7-13-53(49)60-54-14-8-6-12-50(54)52(36-44)55(51)60/h2-36H,1H3. The molecular formula is C56H38F2N2. The van der Waals surface area contributed by atoms with E-state index in [2.05, 4.69) is 179 Å². The fraction of sp³-hybridized carbons (Fsp3) is 0.0357. The zero-order chi connectivity index (χ0) is 40.4. The highest BCUT2D eigenvalue weighted by Crippen LogP contribution is 2.42. The number of alkyl halides is 2. The zero-order valence-electron chi connectivity index (χ0n) is 32.9. The van der Waals surface area contributed by atoms with Crippen molar-refractivity contribution in [1.82, 2.24) is 4.40 Å². The van der Waals surface area contributed by atoms with Crippen molar-refractivity contribution in [2.24, 2.45) is 0 Å². The molecule has 0 N–H and O–H groups in total. The molecule has 286 valence electrons. The Kier molecular flexibility index (Phi) is 8.35. The third kappa shape index (κ3) is 6.08. The van der Waals surface area contributed by atoms with Crippen LogP contribution in [0.25, 0.3) is 82.6 Å². The van der Waals surface area contributed by atoms with Crippen molar-refractivity contribution in [3.05, 3.63) is 218 Å². The van der Waals surface area contributed by atoms with E-state index in [1.54, 1.807) is 12.1 Å². The van der Waals surface area contributed by atoms with E-state index < -0.39 is 5.92 Å². The van der Waals surface area contributed by atoms with Gasteiger partial charge in [0.2, 0.25) is 0 Å². The van der Waals surface area contributed by atoms with E-state index in [0.29, 0.717) is 0 Å². The molecule has 11 aromatic rings. The summed E-state index contributed by atoms with van der Waals surface area (Å²) >= 11 is 0. The first-order chi connectivity index (χ1) is 29.4. The highest BCUT2D eigenvalue weighted by atomic mass is 19.3. The molecule has 4 heteroatoms. The topological polar surface area (TPSA) is 7.65 Å². The Morgan fingerprint density at radius 3 is 1.10 bits per heavy atom. The van der Waals surface area contributed by atoms with Gasteiger partial charge >= 0.3 is 0 Å². The molecule has 0 bridgehead atoms. The van der Waals surface area contributed by atoms with Crippen molar-refractivity contribution < 1.29 is 8.78 Å². The highest BCUT2D eigenvalue weighted by molar-refractivity contribution is 6.24. The summed E-state index contributed by atoms with van der Waals surface area (Å²) in [5, 5.41) is 5.12. The third-order valence-corrected chi connectivity index (χ3v) is 12.0. The Bertz CT molecular complexity index is 3210. The Hall–Kier alpha value is -7.56. The third-order valence-electron chi connectivity index (χ3n) is 12.0. The zero-order valence-corrected chi connectivity index (χ0v) is 32.9. The second kappa shape index (κ2) is 14.1. The van der Waals surface area contributed by atoms with E-state index in [1.165, 1.54) is 61.4 Å². The van der Waals surface area contributed by atoms with Crippen LogP contribution in [0.3, 0.4) is 0 Å². The molecule has 60 heavy (non-hydrogen) atoms. The average Bonchev–Trinajstić information content (AvgIpc) is 3.82. The summed E-state index contributed by atoms with van der Waals surface area (Å²) in [7, 11) is 0. The lowest BCUT2D eigenvalue weighted by Gasteiger charge is -2.26. The van der Waals surface area contributed by atoms with Gasteiger partial charge in [0, 0.05) is 51.1 Å². The van der Waals surface area contributed by atoms with E-state index in [9.17, 15) is 8.78 Å². The van der Waals surface area contributed by atoms with Crippen molar-refractivity contribution in [2.75, 3.05) is 4.90 Å². The molecule has 0 radical (unpaired) electrons. The van der Waals surface area contributed by atoms with Crippen LogP contribution < -0.4 is 4.90 Å². The van der Waals surface area contributed by atoms with Gasteiger partial charge in [-0.2, -0.15) is 0 Å². The molecule has 0 saturated carbocycles. The maximum atomic E-state index is 14.2. The molecule has 0 fully saturated rings.